The molecule has 90 valence electrons. The van der Waals surface area contributed by atoms with Crippen LogP contribution in [0.2, 0.25) is 5.02 Å². The molecule has 3 aromatic rings. The van der Waals surface area contributed by atoms with Crippen LogP contribution in [0.4, 0.5) is 15.9 Å². The maximum atomic E-state index is 13.2. The molecule has 0 aliphatic carbocycles. The Bertz CT molecular complexity index is 690. The summed E-state index contributed by atoms with van der Waals surface area (Å²) in [6, 6.07) is 7.87. The number of aromatic nitrogens is 3. The first-order valence-electron chi connectivity index (χ1n) is 5.24. The highest BCUT2D eigenvalue weighted by Crippen LogP contribution is 2.24. The number of anilines is 2. The third kappa shape index (κ3) is 2.00. The molecule has 4 nitrogen and oxygen atoms in total. The lowest BCUT2D eigenvalue weighted by molar-refractivity contribution is 0.628. The van der Waals surface area contributed by atoms with Gasteiger partial charge in [0.2, 0.25) is 0 Å². The molecule has 2 N–H and O–H groups in total. The van der Waals surface area contributed by atoms with Gasteiger partial charge in [0.05, 0.1) is 5.52 Å². The zero-order valence-electron chi connectivity index (χ0n) is 9.11. The van der Waals surface area contributed by atoms with Gasteiger partial charge in [0.25, 0.3) is 0 Å². The van der Waals surface area contributed by atoms with Crippen molar-refractivity contribution in [2.24, 2.45) is 0 Å². The summed E-state index contributed by atoms with van der Waals surface area (Å²) in [6.45, 7) is 0. The van der Waals surface area contributed by atoms with Gasteiger partial charge in [-0.15, -0.1) is 0 Å². The minimum atomic E-state index is -0.405. The quantitative estimate of drug-likeness (QED) is 0.743. The van der Waals surface area contributed by atoms with Crippen molar-refractivity contribution >= 4 is 34.1 Å². The van der Waals surface area contributed by atoms with E-state index in [1.807, 2.05) is 12.1 Å². The van der Waals surface area contributed by atoms with Crippen LogP contribution < -0.4 is 5.32 Å². The largest absolute Gasteiger partial charge is 0.337 e. The first-order chi connectivity index (χ1) is 8.72. The number of hydrogen-bond acceptors (Lipinski definition) is 3. The maximum absolute atomic E-state index is 13.2. The second-order valence-corrected chi connectivity index (χ2v) is 4.19. The monoisotopic (exact) mass is 262 g/mol. The number of hydrogen-bond donors (Lipinski definition) is 2. The standard InChI is InChI=1S/C12H8ClFN4/c13-7-4-8(14)6-9(5-7)16-12-11-10(17-18-12)2-1-3-15-11/h1-6H,(H2,16,17,18). The summed E-state index contributed by atoms with van der Waals surface area (Å²) in [5.41, 5.74) is 2.03. The Labute approximate surface area is 107 Å². The second-order valence-electron chi connectivity index (χ2n) is 3.75. The summed E-state index contributed by atoms with van der Waals surface area (Å²) < 4.78 is 13.2. The fourth-order valence-electron chi connectivity index (χ4n) is 1.70. The van der Waals surface area contributed by atoms with E-state index >= 15 is 0 Å². The van der Waals surface area contributed by atoms with Gasteiger partial charge in [-0.1, -0.05) is 11.6 Å². The van der Waals surface area contributed by atoms with E-state index in [1.165, 1.54) is 12.1 Å². The van der Waals surface area contributed by atoms with E-state index in [0.717, 1.165) is 5.52 Å². The van der Waals surface area contributed by atoms with E-state index < -0.39 is 5.82 Å². The summed E-state index contributed by atoms with van der Waals surface area (Å²) in [5, 5.41) is 10.2. The van der Waals surface area contributed by atoms with Crippen molar-refractivity contribution in [2.45, 2.75) is 0 Å². The Balaban J connectivity index is 2.01. The SMILES string of the molecule is Fc1cc(Cl)cc(Nc2n[nH]c3cccnc23)c1. The summed E-state index contributed by atoms with van der Waals surface area (Å²) in [7, 11) is 0. The Morgan fingerprint density at radius 3 is 3.00 bits per heavy atom. The predicted octanol–water partition coefficient (Wildman–Crippen LogP) is 3.49. The third-order valence-corrected chi connectivity index (χ3v) is 2.66. The number of halogens is 2. The molecule has 1 aromatic carbocycles. The lowest BCUT2D eigenvalue weighted by Gasteiger charge is -2.03. The highest BCUT2D eigenvalue weighted by molar-refractivity contribution is 6.30. The van der Waals surface area contributed by atoms with Gasteiger partial charge in [-0.25, -0.2) is 4.39 Å². The van der Waals surface area contributed by atoms with Gasteiger partial charge in [-0.3, -0.25) is 10.1 Å². The van der Waals surface area contributed by atoms with Crippen LogP contribution in [-0.4, -0.2) is 15.2 Å². The van der Waals surface area contributed by atoms with Gasteiger partial charge in [0.1, 0.15) is 11.3 Å². The van der Waals surface area contributed by atoms with Crippen molar-refractivity contribution in [3.63, 3.8) is 0 Å². The van der Waals surface area contributed by atoms with Gasteiger partial charge in [0.15, 0.2) is 5.82 Å². The predicted molar refractivity (Wildman–Crippen MR) is 68.6 cm³/mol. The second kappa shape index (κ2) is 4.27. The number of benzene rings is 1. The van der Waals surface area contributed by atoms with Gasteiger partial charge >= 0.3 is 0 Å². The highest BCUT2D eigenvalue weighted by Gasteiger charge is 2.07. The number of rotatable bonds is 2. The highest BCUT2D eigenvalue weighted by atomic mass is 35.5. The van der Waals surface area contributed by atoms with Crippen molar-refractivity contribution in [3.8, 4) is 0 Å². The van der Waals surface area contributed by atoms with E-state index in [1.54, 1.807) is 12.3 Å². The summed E-state index contributed by atoms with van der Waals surface area (Å²) >= 11 is 5.78. The number of pyridine rings is 1. The molecule has 0 saturated heterocycles. The van der Waals surface area contributed by atoms with E-state index in [4.69, 9.17) is 11.6 Å². The van der Waals surface area contributed by atoms with E-state index in [0.29, 0.717) is 22.0 Å². The normalized spacial score (nSPS) is 10.8. The molecule has 0 spiro atoms. The molecule has 0 fully saturated rings. The first-order valence-corrected chi connectivity index (χ1v) is 5.62. The number of nitrogens with zero attached hydrogens (tertiary/aromatic N) is 2. The zero-order valence-corrected chi connectivity index (χ0v) is 9.87. The lowest BCUT2D eigenvalue weighted by atomic mass is 10.3. The lowest BCUT2D eigenvalue weighted by Crippen LogP contribution is -1.92. The van der Waals surface area contributed by atoms with Crippen LogP contribution in [-0.2, 0) is 0 Å². The van der Waals surface area contributed by atoms with E-state index in [9.17, 15) is 4.39 Å². The fourth-order valence-corrected chi connectivity index (χ4v) is 1.92. The van der Waals surface area contributed by atoms with Crippen LogP contribution >= 0.6 is 11.6 Å². The van der Waals surface area contributed by atoms with Crippen LogP contribution in [0.3, 0.4) is 0 Å². The summed E-state index contributed by atoms with van der Waals surface area (Å²) in [4.78, 5) is 4.20. The number of fused-ring (bicyclic) bond motifs is 1. The number of aromatic amines is 1. The van der Waals surface area contributed by atoms with Gasteiger partial charge < -0.3 is 5.32 Å². The Kier molecular flexibility index (Phi) is 2.60. The molecule has 0 amide bonds. The van der Waals surface area contributed by atoms with Crippen molar-refractivity contribution in [1.29, 1.82) is 0 Å². The topological polar surface area (TPSA) is 53.6 Å². The number of nitrogens with one attached hydrogen (secondary N) is 2. The molecule has 0 aliphatic heterocycles. The van der Waals surface area contributed by atoms with Crippen molar-refractivity contribution < 1.29 is 4.39 Å². The molecule has 2 heterocycles. The van der Waals surface area contributed by atoms with E-state index in [2.05, 4.69) is 20.5 Å². The van der Waals surface area contributed by atoms with Crippen LogP contribution in [0.1, 0.15) is 0 Å². The molecule has 18 heavy (non-hydrogen) atoms. The average Bonchev–Trinajstić information content (AvgIpc) is 2.72. The first kappa shape index (κ1) is 11.0. The minimum Gasteiger partial charge on any atom is -0.337 e. The summed E-state index contributed by atoms with van der Waals surface area (Å²) in [5.74, 6) is 0.130. The Hall–Kier alpha value is -2.14. The molecule has 6 heteroatoms. The van der Waals surface area contributed by atoms with Gasteiger partial charge in [0, 0.05) is 16.9 Å². The molecule has 0 aliphatic rings. The van der Waals surface area contributed by atoms with Crippen molar-refractivity contribution in [1.82, 2.24) is 15.2 Å². The van der Waals surface area contributed by atoms with E-state index in [-0.39, 0.29) is 0 Å². The molecule has 0 unspecified atom stereocenters. The van der Waals surface area contributed by atoms with Crippen LogP contribution in [0, 0.1) is 5.82 Å². The maximum Gasteiger partial charge on any atom is 0.178 e. The fraction of sp³-hybridized carbons (Fsp3) is 0. The molecular formula is C12H8ClFN4. The number of H-pyrrole nitrogens is 1. The summed E-state index contributed by atoms with van der Waals surface area (Å²) in [6.07, 6.45) is 1.67. The molecular weight excluding hydrogens is 255 g/mol. The molecule has 0 bridgehead atoms. The minimum absolute atomic E-state index is 0.324. The molecule has 0 atom stereocenters. The van der Waals surface area contributed by atoms with Crippen LogP contribution in [0.15, 0.2) is 36.5 Å². The Morgan fingerprint density at radius 2 is 2.17 bits per heavy atom. The zero-order chi connectivity index (χ0) is 12.5. The average molecular weight is 263 g/mol. The van der Waals surface area contributed by atoms with Crippen molar-refractivity contribution in [2.75, 3.05) is 5.32 Å². The van der Waals surface area contributed by atoms with Gasteiger partial charge in [-0.05, 0) is 30.3 Å². The molecule has 2 aromatic heterocycles. The Morgan fingerprint density at radius 1 is 1.28 bits per heavy atom. The van der Waals surface area contributed by atoms with Crippen LogP contribution in [0.25, 0.3) is 11.0 Å². The van der Waals surface area contributed by atoms with Crippen LogP contribution in [0.5, 0.6) is 0 Å². The molecule has 0 saturated carbocycles. The molecule has 3 rings (SSSR count). The third-order valence-electron chi connectivity index (χ3n) is 2.45. The molecule has 0 radical (unpaired) electrons. The van der Waals surface area contributed by atoms with Gasteiger partial charge in [-0.2, -0.15) is 5.10 Å². The smallest absolute Gasteiger partial charge is 0.178 e. The van der Waals surface area contributed by atoms with Crippen molar-refractivity contribution in [3.05, 3.63) is 47.4 Å².